The van der Waals surface area contributed by atoms with Crippen molar-refractivity contribution in [2.45, 2.75) is 26.2 Å². The summed E-state index contributed by atoms with van der Waals surface area (Å²) in [6, 6.07) is 0. The third-order valence-corrected chi connectivity index (χ3v) is 1.52. The minimum Gasteiger partial charge on any atom is -0.380 e. The standard InChI is InChI=1S/C7H15FOS/c1-2-3-4-5-9-6-7-10-8/h2-7H2,1H3. The molecule has 0 heterocycles. The number of hydrogen-bond donors (Lipinski definition) is 0. The molecule has 0 rings (SSSR count). The Balaban J connectivity index is 2.65. The topological polar surface area (TPSA) is 9.23 Å². The van der Waals surface area contributed by atoms with Crippen molar-refractivity contribution in [3.05, 3.63) is 0 Å². The van der Waals surface area contributed by atoms with E-state index in [1.54, 1.807) is 0 Å². The first kappa shape index (κ1) is 10.2. The maximum atomic E-state index is 11.4. The second-order valence-corrected chi connectivity index (χ2v) is 2.76. The average Bonchev–Trinajstić information content (AvgIpc) is 1.97. The summed E-state index contributed by atoms with van der Waals surface area (Å²) in [5.41, 5.74) is 0. The van der Waals surface area contributed by atoms with Crippen molar-refractivity contribution in [3.63, 3.8) is 0 Å². The van der Waals surface area contributed by atoms with Crippen molar-refractivity contribution in [2.75, 3.05) is 19.0 Å². The van der Waals surface area contributed by atoms with Crippen LogP contribution >= 0.6 is 12.1 Å². The zero-order valence-electron chi connectivity index (χ0n) is 6.44. The zero-order chi connectivity index (χ0) is 7.66. The van der Waals surface area contributed by atoms with Gasteiger partial charge in [-0.2, -0.15) is 3.89 Å². The number of rotatable bonds is 7. The van der Waals surface area contributed by atoms with Crippen LogP contribution in [0.1, 0.15) is 26.2 Å². The van der Waals surface area contributed by atoms with Crippen LogP contribution in [-0.4, -0.2) is 19.0 Å². The van der Waals surface area contributed by atoms with E-state index in [0.717, 1.165) is 13.0 Å². The smallest absolute Gasteiger partial charge is 0.0581 e. The Bertz CT molecular complexity index is 53.6. The molecule has 0 aromatic carbocycles. The minimum absolute atomic E-state index is 0.340. The lowest BCUT2D eigenvalue weighted by Crippen LogP contribution is -1.97. The molecule has 0 N–H and O–H groups in total. The SMILES string of the molecule is CCCCCOCCSF. The van der Waals surface area contributed by atoms with E-state index in [2.05, 4.69) is 6.92 Å². The van der Waals surface area contributed by atoms with Gasteiger partial charge in [0.05, 0.1) is 6.61 Å². The van der Waals surface area contributed by atoms with E-state index in [-0.39, 0.29) is 0 Å². The van der Waals surface area contributed by atoms with E-state index in [1.165, 1.54) is 12.8 Å². The van der Waals surface area contributed by atoms with E-state index < -0.39 is 0 Å². The van der Waals surface area contributed by atoms with E-state index >= 15 is 0 Å². The van der Waals surface area contributed by atoms with Crippen molar-refractivity contribution < 1.29 is 8.62 Å². The third-order valence-electron chi connectivity index (χ3n) is 1.20. The van der Waals surface area contributed by atoms with Gasteiger partial charge >= 0.3 is 0 Å². The molecule has 0 aliphatic heterocycles. The van der Waals surface area contributed by atoms with Crippen molar-refractivity contribution in [3.8, 4) is 0 Å². The normalized spacial score (nSPS) is 10.2. The van der Waals surface area contributed by atoms with Crippen LogP contribution in [-0.2, 0) is 4.74 Å². The molecule has 1 nitrogen and oxygen atoms in total. The van der Waals surface area contributed by atoms with Gasteiger partial charge in [-0.3, -0.25) is 0 Å². The zero-order valence-corrected chi connectivity index (χ0v) is 7.25. The second-order valence-electron chi connectivity index (χ2n) is 2.13. The van der Waals surface area contributed by atoms with Gasteiger partial charge in [0.25, 0.3) is 0 Å². The molecular formula is C7H15FOS. The molecule has 0 saturated heterocycles. The number of hydrogen-bond acceptors (Lipinski definition) is 2. The highest BCUT2D eigenvalue weighted by Crippen LogP contribution is 1.99. The second kappa shape index (κ2) is 9.24. The van der Waals surface area contributed by atoms with Crippen LogP contribution in [0.3, 0.4) is 0 Å². The van der Waals surface area contributed by atoms with Crippen LogP contribution in [0.25, 0.3) is 0 Å². The molecule has 0 spiro atoms. The molecule has 0 atom stereocenters. The van der Waals surface area contributed by atoms with Gasteiger partial charge in [0.15, 0.2) is 0 Å². The van der Waals surface area contributed by atoms with Gasteiger partial charge < -0.3 is 4.74 Å². The molecule has 0 aliphatic rings. The molecule has 0 fully saturated rings. The first-order valence-corrected chi connectivity index (χ1v) is 4.61. The van der Waals surface area contributed by atoms with Crippen LogP contribution in [0.4, 0.5) is 3.89 Å². The molecule has 0 saturated carbocycles. The molecule has 0 radical (unpaired) electrons. The quantitative estimate of drug-likeness (QED) is 0.538. The highest BCUT2D eigenvalue weighted by molar-refractivity contribution is 7.94. The largest absolute Gasteiger partial charge is 0.380 e. The summed E-state index contributed by atoms with van der Waals surface area (Å²) in [4.78, 5) is 0. The van der Waals surface area contributed by atoms with E-state index in [9.17, 15) is 3.89 Å². The maximum Gasteiger partial charge on any atom is 0.0581 e. The van der Waals surface area contributed by atoms with Gasteiger partial charge in [-0.15, -0.1) is 0 Å². The summed E-state index contributed by atoms with van der Waals surface area (Å²) in [7, 11) is 0. The van der Waals surface area contributed by atoms with Gasteiger partial charge in [0, 0.05) is 24.5 Å². The van der Waals surface area contributed by atoms with Crippen molar-refractivity contribution in [1.29, 1.82) is 0 Å². The third kappa shape index (κ3) is 8.24. The minimum atomic E-state index is 0.340. The molecule has 0 aliphatic carbocycles. The summed E-state index contributed by atoms with van der Waals surface area (Å²) in [5.74, 6) is 0.464. The fourth-order valence-electron chi connectivity index (χ4n) is 0.647. The van der Waals surface area contributed by atoms with Crippen LogP contribution < -0.4 is 0 Å². The molecule has 0 aromatic rings. The molecule has 3 heteroatoms. The molecule has 0 amide bonds. The van der Waals surface area contributed by atoms with Crippen LogP contribution in [0.2, 0.25) is 0 Å². The average molecular weight is 166 g/mol. The lowest BCUT2D eigenvalue weighted by molar-refractivity contribution is 0.145. The predicted octanol–water partition coefficient (Wildman–Crippen LogP) is 2.81. The summed E-state index contributed by atoms with van der Waals surface area (Å²) in [6.45, 7) is 3.48. The highest BCUT2D eigenvalue weighted by Gasteiger charge is 1.88. The Morgan fingerprint density at radius 1 is 1.30 bits per heavy atom. The Kier molecular flexibility index (Phi) is 9.46. The van der Waals surface area contributed by atoms with Gasteiger partial charge in [0.1, 0.15) is 0 Å². The molecular weight excluding hydrogens is 151 g/mol. The monoisotopic (exact) mass is 166 g/mol. The van der Waals surface area contributed by atoms with E-state index in [1.807, 2.05) is 0 Å². The van der Waals surface area contributed by atoms with Gasteiger partial charge in [-0.25, -0.2) is 0 Å². The van der Waals surface area contributed by atoms with Crippen LogP contribution in [0.15, 0.2) is 0 Å². The van der Waals surface area contributed by atoms with Crippen molar-refractivity contribution >= 4 is 12.1 Å². The van der Waals surface area contributed by atoms with Gasteiger partial charge in [-0.05, 0) is 6.42 Å². The lowest BCUT2D eigenvalue weighted by Gasteiger charge is -1.99. The number of halogens is 1. The fourth-order valence-corrected chi connectivity index (χ4v) is 0.827. The number of unbranched alkanes of at least 4 members (excludes halogenated alkanes) is 2. The summed E-state index contributed by atoms with van der Waals surface area (Å²) in [6.07, 6.45) is 3.53. The molecule has 10 heavy (non-hydrogen) atoms. The van der Waals surface area contributed by atoms with E-state index in [0.29, 0.717) is 24.5 Å². The van der Waals surface area contributed by atoms with Gasteiger partial charge in [-0.1, -0.05) is 19.8 Å². The Labute approximate surface area is 66.6 Å². The maximum absolute atomic E-state index is 11.4. The Morgan fingerprint density at radius 3 is 2.70 bits per heavy atom. The summed E-state index contributed by atoms with van der Waals surface area (Å²) < 4.78 is 16.5. The molecule has 62 valence electrons. The summed E-state index contributed by atoms with van der Waals surface area (Å²) in [5, 5.41) is 0. The summed E-state index contributed by atoms with van der Waals surface area (Å²) >= 11 is 0.340. The molecule has 0 bridgehead atoms. The van der Waals surface area contributed by atoms with Crippen LogP contribution in [0, 0.1) is 0 Å². The van der Waals surface area contributed by atoms with Crippen molar-refractivity contribution in [2.24, 2.45) is 0 Å². The van der Waals surface area contributed by atoms with E-state index in [4.69, 9.17) is 4.74 Å². The highest BCUT2D eigenvalue weighted by atomic mass is 32.2. The van der Waals surface area contributed by atoms with Gasteiger partial charge in [0.2, 0.25) is 0 Å². The molecule has 0 aromatic heterocycles. The lowest BCUT2D eigenvalue weighted by atomic mass is 10.3. The Hall–Kier alpha value is 0.240. The van der Waals surface area contributed by atoms with Crippen molar-refractivity contribution in [1.82, 2.24) is 0 Å². The predicted molar refractivity (Wildman–Crippen MR) is 43.9 cm³/mol. The van der Waals surface area contributed by atoms with Crippen LogP contribution in [0.5, 0.6) is 0 Å². The Morgan fingerprint density at radius 2 is 2.10 bits per heavy atom. The fraction of sp³-hybridized carbons (Fsp3) is 1.00. The first-order valence-electron chi connectivity index (χ1n) is 3.73. The number of ether oxygens (including phenoxy) is 1. The first-order chi connectivity index (χ1) is 4.91. The molecule has 0 unspecified atom stereocenters.